The molecule has 0 amide bonds. The number of benzene rings is 2. The number of hydrazone groups is 1. The molecule has 23 heavy (non-hydrogen) atoms. The maximum atomic E-state index is 11.3. The highest BCUT2D eigenvalue weighted by molar-refractivity contribution is 7.80. The van der Waals surface area contributed by atoms with Crippen LogP contribution in [0.4, 0.5) is 5.69 Å². The number of anilines is 1. The third-order valence-corrected chi connectivity index (χ3v) is 3.21. The number of nitrogens with zero attached hydrogens (tertiary/aromatic N) is 1. The Morgan fingerprint density at radius 1 is 1.13 bits per heavy atom. The fraction of sp³-hybridized carbons (Fsp3) is 0.118. The molecule has 0 spiro atoms. The SMILES string of the molecule is COC(=O)c1ccc(/C=N/NC(=S)Nc2ccc(C)cc2)cc1. The molecule has 0 aliphatic heterocycles. The van der Waals surface area contributed by atoms with Gasteiger partial charge in [0.2, 0.25) is 0 Å². The molecule has 0 aliphatic carbocycles. The number of carbonyl (C=O) groups excluding carboxylic acids is 1. The van der Waals surface area contributed by atoms with Crippen molar-refractivity contribution in [2.24, 2.45) is 5.10 Å². The monoisotopic (exact) mass is 327 g/mol. The van der Waals surface area contributed by atoms with Crippen LogP contribution in [0, 0.1) is 6.92 Å². The average molecular weight is 327 g/mol. The maximum absolute atomic E-state index is 11.3. The van der Waals surface area contributed by atoms with E-state index in [0.29, 0.717) is 10.7 Å². The zero-order chi connectivity index (χ0) is 16.7. The van der Waals surface area contributed by atoms with E-state index >= 15 is 0 Å². The number of methoxy groups -OCH3 is 1. The number of hydrogen-bond donors (Lipinski definition) is 2. The van der Waals surface area contributed by atoms with Crippen LogP contribution >= 0.6 is 12.2 Å². The van der Waals surface area contributed by atoms with E-state index in [1.165, 1.54) is 12.7 Å². The first kappa shape index (κ1) is 16.6. The normalized spacial score (nSPS) is 10.3. The fourth-order valence-corrected chi connectivity index (χ4v) is 1.96. The largest absolute Gasteiger partial charge is 0.465 e. The van der Waals surface area contributed by atoms with Crippen LogP contribution in [-0.2, 0) is 4.74 Å². The summed E-state index contributed by atoms with van der Waals surface area (Å²) in [5, 5.41) is 7.49. The van der Waals surface area contributed by atoms with E-state index in [2.05, 4.69) is 20.6 Å². The summed E-state index contributed by atoms with van der Waals surface area (Å²) in [5.41, 5.74) is 6.15. The molecule has 2 N–H and O–H groups in total. The Morgan fingerprint density at radius 3 is 2.39 bits per heavy atom. The second kappa shape index (κ2) is 8.05. The van der Waals surface area contributed by atoms with Crippen molar-refractivity contribution in [1.29, 1.82) is 0 Å². The summed E-state index contributed by atoms with van der Waals surface area (Å²) in [6, 6.07) is 14.8. The van der Waals surface area contributed by atoms with Crippen LogP contribution in [0.15, 0.2) is 53.6 Å². The van der Waals surface area contributed by atoms with E-state index in [-0.39, 0.29) is 5.97 Å². The van der Waals surface area contributed by atoms with Gasteiger partial charge in [-0.2, -0.15) is 5.10 Å². The molecule has 0 saturated heterocycles. The topological polar surface area (TPSA) is 62.7 Å². The molecule has 0 heterocycles. The highest BCUT2D eigenvalue weighted by atomic mass is 32.1. The zero-order valence-corrected chi connectivity index (χ0v) is 13.7. The van der Waals surface area contributed by atoms with Crippen molar-refractivity contribution in [2.45, 2.75) is 6.92 Å². The molecule has 0 aromatic heterocycles. The predicted octanol–water partition coefficient (Wildman–Crippen LogP) is 3.10. The number of hydrogen-bond acceptors (Lipinski definition) is 4. The van der Waals surface area contributed by atoms with Crippen molar-refractivity contribution in [1.82, 2.24) is 5.43 Å². The minimum atomic E-state index is -0.366. The van der Waals surface area contributed by atoms with Crippen LogP contribution in [0.3, 0.4) is 0 Å². The number of carbonyl (C=O) groups is 1. The molecule has 0 aliphatic rings. The maximum Gasteiger partial charge on any atom is 0.337 e. The van der Waals surface area contributed by atoms with Gasteiger partial charge in [0.15, 0.2) is 5.11 Å². The second-order valence-electron chi connectivity index (χ2n) is 4.80. The zero-order valence-electron chi connectivity index (χ0n) is 12.9. The van der Waals surface area contributed by atoms with E-state index in [1.54, 1.807) is 30.5 Å². The number of rotatable bonds is 4. The molecule has 5 nitrogen and oxygen atoms in total. The lowest BCUT2D eigenvalue weighted by Gasteiger charge is -2.07. The van der Waals surface area contributed by atoms with E-state index in [1.807, 2.05) is 31.2 Å². The number of esters is 1. The van der Waals surface area contributed by atoms with Crippen LogP contribution in [0.25, 0.3) is 0 Å². The van der Waals surface area contributed by atoms with Crippen molar-refractivity contribution < 1.29 is 9.53 Å². The Balaban J connectivity index is 1.87. The highest BCUT2D eigenvalue weighted by Crippen LogP contribution is 2.08. The Hall–Kier alpha value is -2.73. The summed E-state index contributed by atoms with van der Waals surface area (Å²) >= 11 is 5.16. The lowest BCUT2D eigenvalue weighted by Crippen LogP contribution is -2.23. The Bertz CT molecular complexity index is 710. The van der Waals surface area contributed by atoms with Gasteiger partial charge in [-0.3, -0.25) is 5.43 Å². The number of aryl methyl sites for hydroxylation is 1. The molecule has 118 valence electrons. The molecule has 0 saturated carbocycles. The summed E-state index contributed by atoms with van der Waals surface area (Å²) in [4.78, 5) is 11.3. The van der Waals surface area contributed by atoms with Crippen molar-refractivity contribution in [3.8, 4) is 0 Å². The van der Waals surface area contributed by atoms with E-state index in [9.17, 15) is 4.79 Å². The molecule has 2 rings (SSSR count). The quantitative estimate of drug-likeness (QED) is 0.391. The van der Waals surface area contributed by atoms with E-state index in [4.69, 9.17) is 12.2 Å². The molecule has 2 aromatic rings. The lowest BCUT2D eigenvalue weighted by atomic mass is 10.1. The van der Waals surface area contributed by atoms with Gasteiger partial charge in [-0.25, -0.2) is 4.79 Å². The Morgan fingerprint density at radius 2 is 1.78 bits per heavy atom. The second-order valence-corrected chi connectivity index (χ2v) is 5.21. The van der Waals surface area contributed by atoms with Crippen molar-refractivity contribution >= 4 is 35.2 Å². The number of thiocarbonyl (C=S) groups is 1. The van der Waals surface area contributed by atoms with Crippen molar-refractivity contribution in [3.63, 3.8) is 0 Å². The van der Waals surface area contributed by atoms with Crippen molar-refractivity contribution in [3.05, 3.63) is 65.2 Å². The first-order valence-corrected chi connectivity index (χ1v) is 7.34. The van der Waals surface area contributed by atoms with E-state index < -0.39 is 0 Å². The summed E-state index contributed by atoms with van der Waals surface area (Å²) in [6.45, 7) is 2.02. The van der Waals surface area contributed by atoms with Gasteiger partial charge in [0.1, 0.15) is 0 Å². The van der Waals surface area contributed by atoms with Gasteiger partial charge in [-0.05, 0) is 49.0 Å². The molecule has 0 unspecified atom stereocenters. The molecule has 0 bridgehead atoms. The third-order valence-electron chi connectivity index (χ3n) is 3.02. The number of ether oxygens (including phenoxy) is 1. The molecule has 0 fully saturated rings. The van der Waals surface area contributed by atoms with Gasteiger partial charge in [-0.15, -0.1) is 0 Å². The van der Waals surface area contributed by atoms with Gasteiger partial charge >= 0.3 is 5.97 Å². The Labute approximate surface area is 140 Å². The molecule has 0 radical (unpaired) electrons. The van der Waals surface area contributed by atoms with Gasteiger partial charge in [-0.1, -0.05) is 29.8 Å². The van der Waals surface area contributed by atoms with Gasteiger partial charge in [0.05, 0.1) is 18.9 Å². The van der Waals surface area contributed by atoms with Gasteiger partial charge in [0.25, 0.3) is 0 Å². The van der Waals surface area contributed by atoms with Crippen LogP contribution in [0.5, 0.6) is 0 Å². The third kappa shape index (κ3) is 5.19. The molecule has 6 heteroatoms. The molecule has 0 atom stereocenters. The fourth-order valence-electron chi connectivity index (χ4n) is 1.78. The van der Waals surface area contributed by atoms with E-state index in [0.717, 1.165) is 11.3 Å². The number of nitrogens with one attached hydrogen (secondary N) is 2. The van der Waals surface area contributed by atoms with Crippen LogP contribution in [0.1, 0.15) is 21.5 Å². The smallest absolute Gasteiger partial charge is 0.337 e. The van der Waals surface area contributed by atoms with Gasteiger partial charge < -0.3 is 10.1 Å². The van der Waals surface area contributed by atoms with Crippen molar-refractivity contribution in [2.75, 3.05) is 12.4 Å². The minimum Gasteiger partial charge on any atom is -0.465 e. The first-order chi connectivity index (χ1) is 11.1. The molecule has 2 aromatic carbocycles. The van der Waals surface area contributed by atoms with Crippen LogP contribution in [0.2, 0.25) is 0 Å². The van der Waals surface area contributed by atoms with Crippen LogP contribution in [-0.4, -0.2) is 24.4 Å². The predicted molar refractivity (Wildman–Crippen MR) is 95.9 cm³/mol. The summed E-state index contributed by atoms with van der Waals surface area (Å²) in [5.74, 6) is -0.366. The van der Waals surface area contributed by atoms with Crippen LogP contribution < -0.4 is 10.7 Å². The summed E-state index contributed by atoms with van der Waals surface area (Å²) in [7, 11) is 1.35. The standard InChI is InChI=1S/C17H17N3O2S/c1-12-3-9-15(10-4-12)19-17(23)20-18-11-13-5-7-14(8-6-13)16(21)22-2/h3-11H,1-2H3,(H2,19,20,23)/b18-11+. The highest BCUT2D eigenvalue weighted by Gasteiger charge is 2.03. The first-order valence-electron chi connectivity index (χ1n) is 6.93. The Kier molecular flexibility index (Phi) is 5.82. The lowest BCUT2D eigenvalue weighted by molar-refractivity contribution is 0.0600. The average Bonchev–Trinajstić information content (AvgIpc) is 2.57. The molecular weight excluding hydrogens is 310 g/mol. The summed E-state index contributed by atoms with van der Waals surface area (Å²) < 4.78 is 4.64. The van der Waals surface area contributed by atoms with Gasteiger partial charge in [0, 0.05) is 5.69 Å². The summed E-state index contributed by atoms with van der Waals surface area (Å²) in [6.07, 6.45) is 1.62. The molecular formula is C17H17N3O2S. The minimum absolute atomic E-state index is 0.366.